The Kier molecular flexibility index (Phi) is 4.79. The molecular weight excluding hydrogens is 308 g/mol. The second-order valence-electron chi connectivity index (χ2n) is 5.77. The maximum atomic E-state index is 12.2. The number of furan rings is 1. The molecule has 0 bridgehead atoms. The molecule has 1 saturated heterocycles. The molecule has 0 aliphatic carbocycles. The van der Waals surface area contributed by atoms with Gasteiger partial charge in [-0.25, -0.2) is 0 Å². The Balaban J connectivity index is 1.55. The number of nitrogens with zero attached hydrogens (tertiary/aromatic N) is 4. The van der Waals surface area contributed by atoms with Crippen LogP contribution in [0, 0.1) is 0 Å². The van der Waals surface area contributed by atoms with Gasteiger partial charge in [-0.15, -0.1) is 0 Å². The van der Waals surface area contributed by atoms with Crippen molar-refractivity contribution in [2.45, 2.75) is 12.5 Å². The van der Waals surface area contributed by atoms with Crippen molar-refractivity contribution in [3.8, 4) is 5.88 Å². The van der Waals surface area contributed by atoms with Crippen LogP contribution in [0.3, 0.4) is 0 Å². The number of ether oxygens (including phenoxy) is 1. The van der Waals surface area contributed by atoms with Crippen molar-refractivity contribution in [2.24, 2.45) is 0 Å². The predicted octanol–water partition coefficient (Wildman–Crippen LogP) is 1.83. The van der Waals surface area contributed by atoms with Crippen LogP contribution in [0.25, 0.3) is 6.08 Å². The number of amides is 1. The third-order valence-electron chi connectivity index (χ3n) is 3.74. The summed E-state index contributed by atoms with van der Waals surface area (Å²) in [6.07, 6.45) is 8.74. The average molecular weight is 328 g/mol. The summed E-state index contributed by atoms with van der Waals surface area (Å²) in [5.41, 5.74) is 0. The molecule has 1 aliphatic heterocycles. The highest BCUT2D eigenvalue weighted by atomic mass is 16.5. The normalized spacial score (nSPS) is 17.4. The topological polar surface area (TPSA) is 71.7 Å². The van der Waals surface area contributed by atoms with Gasteiger partial charge in [-0.1, -0.05) is 0 Å². The highest BCUT2D eigenvalue weighted by Crippen LogP contribution is 2.18. The number of hydrogen-bond acceptors (Lipinski definition) is 6. The zero-order valence-corrected chi connectivity index (χ0v) is 13.8. The molecule has 1 amide bonds. The second-order valence-corrected chi connectivity index (χ2v) is 5.77. The minimum absolute atomic E-state index is 0.0503. The highest BCUT2D eigenvalue weighted by Gasteiger charge is 2.27. The van der Waals surface area contributed by atoms with Crippen molar-refractivity contribution in [3.63, 3.8) is 0 Å². The van der Waals surface area contributed by atoms with E-state index in [0.29, 0.717) is 24.7 Å². The molecule has 1 fully saturated rings. The van der Waals surface area contributed by atoms with Gasteiger partial charge in [-0.2, -0.15) is 4.98 Å². The van der Waals surface area contributed by atoms with Gasteiger partial charge in [0.25, 0.3) is 0 Å². The molecular formula is C17H20N4O3. The fourth-order valence-corrected chi connectivity index (χ4v) is 2.45. The van der Waals surface area contributed by atoms with Crippen LogP contribution in [-0.2, 0) is 4.79 Å². The Hall–Kier alpha value is -2.83. The number of likely N-dealkylation sites (tertiary alicyclic amines) is 1. The monoisotopic (exact) mass is 328 g/mol. The SMILES string of the molecule is CN(C)c1cncc(O[C@H]2CCN(C(=O)/C=C/c3ccco3)C2)n1. The van der Waals surface area contributed by atoms with Crippen molar-refractivity contribution < 1.29 is 13.9 Å². The summed E-state index contributed by atoms with van der Waals surface area (Å²) in [7, 11) is 3.80. The Labute approximate surface area is 140 Å². The molecule has 2 aromatic heterocycles. The largest absolute Gasteiger partial charge is 0.471 e. The Bertz CT molecular complexity index is 712. The summed E-state index contributed by atoms with van der Waals surface area (Å²) in [5, 5.41) is 0. The van der Waals surface area contributed by atoms with Crippen molar-refractivity contribution in [1.29, 1.82) is 0 Å². The zero-order valence-electron chi connectivity index (χ0n) is 13.8. The maximum absolute atomic E-state index is 12.2. The van der Waals surface area contributed by atoms with Crippen LogP contribution >= 0.6 is 0 Å². The molecule has 126 valence electrons. The third kappa shape index (κ3) is 3.92. The van der Waals surface area contributed by atoms with Gasteiger partial charge in [0.05, 0.1) is 25.2 Å². The Morgan fingerprint density at radius 1 is 1.46 bits per heavy atom. The molecule has 0 unspecified atom stereocenters. The van der Waals surface area contributed by atoms with Gasteiger partial charge in [-0.05, 0) is 18.2 Å². The molecule has 2 aromatic rings. The van der Waals surface area contributed by atoms with Gasteiger partial charge in [0.2, 0.25) is 11.8 Å². The minimum atomic E-state index is -0.0716. The van der Waals surface area contributed by atoms with E-state index >= 15 is 0 Å². The molecule has 24 heavy (non-hydrogen) atoms. The molecule has 0 spiro atoms. The van der Waals surface area contributed by atoms with Crippen molar-refractivity contribution >= 4 is 17.8 Å². The Morgan fingerprint density at radius 3 is 3.08 bits per heavy atom. The summed E-state index contributed by atoms with van der Waals surface area (Å²) < 4.78 is 11.0. The van der Waals surface area contributed by atoms with E-state index in [1.165, 1.54) is 6.08 Å². The molecule has 1 atom stereocenters. The summed E-state index contributed by atoms with van der Waals surface area (Å²) >= 11 is 0. The second kappa shape index (κ2) is 7.16. The highest BCUT2D eigenvalue weighted by molar-refractivity contribution is 5.91. The first-order chi connectivity index (χ1) is 11.6. The lowest BCUT2D eigenvalue weighted by Gasteiger charge is -2.16. The fourth-order valence-electron chi connectivity index (χ4n) is 2.45. The van der Waals surface area contributed by atoms with Gasteiger partial charge in [0.1, 0.15) is 11.9 Å². The quantitative estimate of drug-likeness (QED) is 0.780. The molecule has 3 heterocycles. The maximum Gasteiger partial charge on any atom is 0.246 e. The van der Waals surface area contributed by atoms with E-state index in [0.717, 1.165) is 12.2 Å². The van der Waals surface area contributed by atoms with Crippen LogP contribution in [0.4, 0.5) is 5.82 Å². The smallest absolute Gasteiger partial charge is 0.246 e. The third-order valence-corrected chi connectivity index (χ3v) is 3.74. The summed E-state index contributed by atoms with van der Waals surface area (Å²) in [5.74, 6) is 1.82. The van der Waals surface area contributed by atoms with Gasteiger partial charge in [0.15, 0.2) is 5.82 Å². The van der Waals surface area contributed by atoms with Crippen LogP contribution in [0.2, 0.25) is 0 Å². The van der Waals surface area contributed by atoms with Crippen molar-refractivity contribution in [3.05, 3.63) is 42.6 Å². The average Bonchev–Trinajstić information content (AvgIpc) is 3.24. The zero-order chi connectivity index (χ0) is 16.9. The minimum Gasteiger partial charge on any atom is -0.471 e. The number of hydrogen-bond donors (Lipinski definition) is 0. The van der Waals surface area contributed by atoms with E-state index in [1.54, 1.807) is 41.8 Å². The van der Waals surface area contributed by atoms with E-state index in [2.05, 4.69) is 9.97 Å². The lowest BCUT2D eigenvalue weighted by atomic mass is 10.3. The lowest BCUT2D eigenvalue weighted by molar-refractivity contribution is -0.125. The van der Waals surface area contributed by atoms with E-state index in [9.17, 15) is 4.79 Å². The van der Waals surface area contributed by atoms with E-state index in [-0.39, 0.29) is 12.0 Å². The summed E-state index contributed by atoms with van der Waals surface area (Å²) in [6.45, 7) is 1.20. The molecule has 0 aromatic carbocycles. The van der Waals surface area contributed by atoms with Gasteiger partial charge < -0.3 is 19.0 Å². The van der Waals surface area contributed by atoms with Crippen LogP contribution in [-0.4, -0.2) is 54.1 Å². The molecule has 0 saturated carbocycles. The molecule has 7 nitrogen and oxygen atoms in total. The van der Waals surface area contributed by atoms with Crippen LogP contribution < -0.4 is 9.64 Å². The number of rotatable bonds is 5. The van der Waals surface area contributed by atoms with Crippen molar-refractivity contribution in [2.75, 3.05) is 32.1 Å². The first kappa shape index (κ1) is 16.0. The van der Waals surface area contributed by atoms with E-state index in [1.807, 2.05) is 19.0 Å². The summed E-state index contributed by atoms with van der Waals surface area (Å²) in [6, 6.07) is 3.59. The molecule has 7 heteroatoms. The van der Waals surface area contributed by atoms with Crippen LogP contribution in [0.15, 0.2) is 41.3 Å². The van der Waals surface area contributed by atoms with E-state index < -0.39 is 0 Å². The van der Waals surface area contributed by atoms with E-state index in [4.69, 9.17) is 9.15 Å². The number of carbonyl (C=O) groups is 1. The van der Waals surface area contributed by atoms with Crippen LogP contribution in [0.5, 0.6) is 5.88 Å². The number of carbonyl (C=O) groups excluding carboxylic acids is 1. The number of aromatic nitrogens is 2. The first-order valence-corrected chi connectivity index (χ1v) is 7.78. The van der Waals surface area contributed by atoms with Crippen molar-refractivity contribution in [1.82, 2.24) is 14.9 Å². The lowest BCUT2D eigenvalue weighted by Crippen LogP contribution is -2.29. The first-order valence-electron chi connectivity index (χ1n) is 7.78. The molecule has 1 aliphatic rings. The molecule has 0 radical (unpaired) electrons. The Morgan fingerprint density at radius 2 is 2.33 bits per heavy atom. The van der Waals surface area contributed by atoms with Gasteiger partial charge in [-0.3, -0.25) is 9.78 Å². The number of anilines is 1. The molecule has 3 rings (SSSR count). The van der Waals surface area contributed by atoms with Gasteiger partial charge >= 0.3 is 0 Å². The standard InChI is InChI=1S/C17H20N4O3/c1-20(2)15-10-18-11-16(19-15)24-14-7-8-21(12-14)17(22)6-5-13-4-3-9-23-13/h3-6,9-11,14H,7-8,12H2,1-2H3/b6-5+/t14-/m0/s1. The molecule has 0 N–H and O–H groups in total. The summed E-state index contributed by atoms with van der Waals surface area (Å²) in [4.78, 5) is 24.3. The van der Waals surface area contributed by atoms with Gasteiger partial charge in [0, 0.05) is 33.1 Å². The van der Waals surface area contributed by atoms with Crippen LogP contribution in [0.1, 0.15) is 12.2 Å². The predicted molar refractivity (Wildman–Crippen MR) is 89.7 cm³/mol. The fraction of sp³-hybridized carbons (Fsp3) is 0.353.